The van der Waals surface area contributed by atoms with Gasteiger partial charge in [0.05, 0.1) is 18.6 Å². The molecule has 1 aromatic rings. The lowest BCUT2D eigenvalue weighted by atomic mass is 10.00. The van der Waals surface area contributed by atoms with Gasteiger partial charge in [0.15, 0.2) is 0 Å². The normalized spacial score (nSPS) is 12.0. The fourth-order valence-electron chi connectivity index (χ4n) is 2.84. The summed E-state index contributed by atoms with van der Waals surface area (Å²) in [5.74, 6) is -0.770. The predicted octanol–water partition coefficient (Wildman–Crippen LogP) is 3.23. The van der Waals surface area contributed by atoms with E-state index in [1.54, 1.807) is 24.2 Å². The summed E-state index contributed by atoms with van der Waals surface area (Å²) in [5, 5.41) is 8.79. The highest BCUT2D eigenvalue weighted by atomic mass is 16.5. The van der Waals surface area contributed by atoms with Crippen molar-refractivity contribution in [3.63, 3.8) is 0 Å². The molecule has 1 atom stereocenters. The SMILES string of the molecule is CC(C)CCC(=O)N(CCC(=O)NO)C(CC(=O)OC(C)C)c1ccccc1. The van der Waals surface area contributed by atoms with Crippen LogP contribution < -0.4 is 5.48 Å². The van der Waals surface area contributed by atoms with E-state index in [1.807, 2.05) is 44.2 Å². The Morgan fingerprint density at radius 2 is 1.71 bits per heavy atom. The molecule has 0 aliphatic rings. The molecule has 0 aromatic heterocycles. The minimum absolute atomic E-state index is 0.00362. The third-order valence-electron chi connectivity index (χ3n) is 4.25. The number of carbonyl (C=O) groups excluding carboxylic acids is 3. The van der Waals surface area contributed by atoms with E-state index in [4.69, 9.17) is 9.94 Å². The van der Waals surface area contributed by atoms with Crippen LogP contribution in [0.5, 0.6) is 0 Å². The van der Waals surface area contributed by atoms with Gasteiger partial charge in [-0.3, -0.25) is 19.6 Å². The smallest absolute Gasteiger partial charge is 0.308 e. The van der Waals surface area contributed by atoms with Gasteiger partial charge in [0.25, 0.3) is 0 Å². The van der Waals surface area contributed by atoms with E-state index in [2.05, 4.69) is 0 Å². The van der Waals surface area contributed by atoms with Gasteiger partial charge in [0.1, 0.15) is 0 Å². The first-order valence-corrected chi connectivity index (χ1v) is 9.71. The number of amides is 2. The Labute approximate surface area is 167 Å². The summed E-state index contributed by atoms with van der Waals surface area (Å²) in [6, 6.07) is 8.70. The van der Waals surface area contributed by atoms with Crippen LogP contribution in [0.1, 0.15) is 65.0 Å². The van der Waals surface area contributed by atoms with Crippen LogP contribution in [0.3, 0.4) is 0 Å². The number of hydrogen-bond acceptors (Lipinski definition) is 5. The van der Waals surface area contributed by atoms with Crippen LogP contribution in [0.15, 0.2) is 30.3 Å². The lowest BCUT2D eigenvalue weighted by Crippen LogP contribution is -2.39. The van der Waals surface area contributed by atoms with E-state index in [0.717, 1.165) is 5.56 Å². The average molecular weight is 392 g/mol. The molecule has 0 fully saturated rings. The fourth-order valence-corrected chi connectivity index (χ4v) is 2.84. The summed E-state index contributed by atoms with van der Waals surface area (Å²) in [7, 11) is 0. The number of hydrogen-bond donors (Lipinski definition) is 2. The van der Waals surface area contributed by atoms with Gasteiger partial charge in [-0.15, -0.1) is 0 Å². The molecule has 1 aromatic carbocycles. The maximum absolute atomic E-state index is 12.9. The van der Waals surface area contributed by atoms with Crippen LogP contribution >= 0.6 is 0 Å². The first-order chi connectivity index (χ1) is 13.2. The number of nitrogens with one attached hydrogen (secondary N) is 1. The van der Waals surface area contributed by atoms with Gasteiger partial charge < -0.3 is 9.64 Å². The quantitative estimate of drug-likeness (QED) is 0.342. The van der Waals surface area contributed by atoms with E-state index in [-0.39, 0.29) is 31.4 Å². The molecule has 28 heavy (non-hydrogen) atoms. The topological polar surface area (TPSA) is 95.9 Å². The molecule has 1 unspecified atom stereocenters. The van der Waals surface area contributed by atoms with Crippen LogP contribution in [-0.4, -0.2) is 40.5 Å². The van der Waals surface area contributed by atoms with E-state index in [0.29, 0.717) is 18.8 Å². The summed E-state index contributed by atoms with van der Waals surface area (Å²) >= 11 is 0. The molecule has 1 rings (SSSR count). The van der Waals surface area contributed by atoms with Crippen LogP contribution in [0.25, 0.3) is 0 Å². The molecule has 0 aliphatic heterocycles. The monoisotopic (exact) mass is 392 g/mol. The lowest BCUT2D eigenvalue weighted by Gasteiger charge is -2.32. The van der Waals surface area contributed by atoms with Crippen molar-refractivity contribution in [2.45, 2.75) is 65.5 Å². The van der Waals surface area contributed by atoms with Crippen molar-refractivity contribution in [1.82, 2.24) is 10.4 Å². The number of esters is 1. The minimum Gasteiger partial charge on any atom is -0.463 e. The molecule has 0 saturated carbocycles. The molecule has 0 bridgehead atoms. The van der Waals surface area contributed by atoms with Crippen molar-refractivity contribution < 1.29 is 24.3 Å². The Morgan fingerprint density at radius 1 is 1.07 bits per heavy atom. The number of carbonyl (C=O) groups is 3. The van der Waals surface area contributed by atoms with Crippen molar-refractivity contribution in [3.8, 4) is 0 Å². The second-order valence-electron chi connectivity index (χ2n) is 7.47. The highest BCUT2D eigenvalue weighted by molar-refractivity contribution is 5.80. The molecule has 2 amide bonds. The third kappa shape index (κ3) is 8.52. The maximum atomic E-state index is 12.9. The summed E-state index contributed by atoms with van der Waals surface area (Å²) in [5.41, 5.74) is 2.38. The van der Waals surface area contributed by atoms with Gasteiger partial charge in [-0.2, -0.15) is 0 Å². The van der Waals surface area contributed by atoms with Crippen molar-refractivity contribution in [1.29, 1.82) is 0 Å². The minimum atomic E-state index is -0.585. The van der Waals surface area contributed by atoms with Crippen LogP contribution in [0.4, 0.5) is 0 Å². The third-order valence-corrected chi connectivity index (χ3v) is 4.25. The Morgan fingerprint density at radius 3 is 2.25 bits per heavy atom. The Hall–Kier alpha value is -2.41. The number of nitrogens with zero attached hydrogens (tertiary/aromatic N) is 1. The van der Waals surface area contributed by atoms with Crippen LogP contribution in [0, 0.1) is 5.92 Å². The van der Waals surface area contributed by atoms with Crippen LogP contribution in [0.2, 0.25) is 0 Å². The standard InChI is InChI=1S/C21H32N2O5/c1-15(2)10-11-20(25)23(13-12-19(24)22-27)18(14-21(26)28-16(3)4)17-8-6-5-7-9-17/h5-9,15-16,18,27H,10-14H2,1-4H3,(H,22,24). The van der Waals surface area contributed by atoms with Gasteiger partial charge in [-0.05, 0) is 31.7 Å². The molecule has 7 heteroatoms. The molecule has 0 aliphatic carbocycles. The second kappa shape index (κ2) is 12.1. The predicted molar refractivity (Wildman–Crippen MR) is 105 cm³/mol. The second-order valence-corrected chi connectivity index (χ2v) is 7.47. The van der Waals surface area contributed by atoms with Gasteiger partial charge in [0.2, 0.25) is 11.8 Å². The fraction of sp³-hybridized carbons (Fsp3) is 0.571. The summed E-state index contributed by atoms with van der Waals surface area (Å²) in [6.45, 7) is 7.70. The van der Waals surface area contributed by atoms with Crippen LogP contribution in [-0.2, 0) is 19.1 Å². The molecule has 7 nitrogen and oxygen atoms in total. The number of benzene rings is 1. The molecular formula is C21H32N2O5. The van der Waals surface area contributed by atoms with Gasteiger partial charge in [-0.1, -0.05) is 44.2 Å². The van der Waals surface area contributed by atoms with Crippen molar-refractivity contribution in [3.05, 3.63) is 35.9 Å². The van der Waals surface area contributed by atoms with Gasteiger partial charge in [0, 0.05) is 19.4 Å². The summed E-state index contributed by atoms with van der Waals surface area (Å²) < 4.78 is 5.28. The van der Waals surface area contributed by atoms with Gasteiger partial charge >= 0.3 is 5.97 Å². The summed E-state index contributed by atoms with van der Waals surface area (Å²) in [6.07, 6.45) is 0.706. The molecule has 0 spiro atoms. The first-order valence-electron chi connectivity index (χ1n) is 9.71. The Balaban J connectivity index is 3.13. The number of ether oxygens (including phenoxy) is 1. The first kappa shape index (κ1) is 23.6. The van der Waals surface area contributed by atoms with Gasteiger partial charge in [-0.25, -0.2) is 5.48 Å². The molecule has 0 radical (unpaired) electrons. The van der Waals surface area contributed by atoms with E-state index >= 15 is 0 Å². The molecule has 156 valence electrons. The highest BCUT2D eigenvalue weighted by Crippen LogP contribution is 2.27. The van der Waals surface area contributed by atoms with E-state index in [9.17, 15) is 14.4 Å². The van der Waals surface area contributed by atoms with Crippen molar-refractivity contribution in [2.75, 3.05) is 6.54 Å². The zero-order valence-corrected chi connectivity index (χ0v) is 17.2. The summed E-state index contributed by atoms with van der Waals surface area (Å²) in [4.78, 5) is 38.4. The zero-order valence-electron chi connectivity index (χ0n) is 17.2. The Bertz CT molecular complexity index is 631. The van der Waals surface area contributed by atoms with E-state index in [1.165, 1.54) is 0 Å². The largest absolute Gasteiger partial charge is 0.463 e. The molecule has 0 heterocycles. The Kier molecular flexibility index (Phi) is 10.2. The average Bonchev–Trinajstić information content (AvgIpc) is 2.65. The number of hydroxylamine groups is 1. The lowest BCUT2D eigenvalue weighted by molar-refractivity contribution is -0.150. The number of rotatable bonds is 11. The van der Waals surface area contributed by atoms with Crippen molar-refractivity contribution in [2.24, 2.45) is 5.92 Å². The zero-order chi connectivity index (χ0) is 21.1. The molecular weight excluding hydrogens is 360 g/mol. The molecule has 0 saturated heterocycles. The van der Waals surface area contributed by atoms with Crippen molar-refractivity contribution >= 4 is 17.8 Å². The highest BCUT2D eigenvalue weighted by Gasteiger charge is 2.28. The van der Waals surface area contributed by atoms with E-state index < -0.39 is 17.9 Å². The maximum Gasteiger partial charge on any atom is 0.308 e. The molecule has 2 N–H and O–H groups in total.